The van der Waals surface area contributed by atoms with Gasteiger partial charge in [-0.1, -0.05) is 61.4 Å². The lowest BCUT2D eigenvalue weighted by Gasteiger charge is -2.24. The molecule has 5 aromatic rings. The number of methoxy groups -OCH3 is 1. The Kier molecular flexibility index (Phi) is 8.92. The van der Waals surface area contributed by atoms with Crippen molar-refractivity contribution < 1.29 is 19.4 Å². The summed E-state index contributed by atoms with van der Waals surface area (Å²) in [5.74, 6) is 0.712. The minimum atomic E-state index is -0.798. The fraction of sp³-hybridized carbons (Fsp3) is 0.270. The molecule has 0 aliphatic heterocycles. The molecule has 0 spiro atoms. The van der Waals surface area contributed by atoms with Gasteiger partial charge in [0.15, 0.2) is 0 Å². The number of benzene rings is 3. The van der Waals surface area contributed by atoms with Gasteiger partial charge in [0.2, 0.25) is 0 Å². The first kappa shape index (κ1) is 30.7. The number of para-hydroxylation sites is 1. The molecule has 2 aromatic heterocycles. The first-order valence-electron chi connectivity index (χ1n) is 15.4. The Balaban J connectivity index is 1.28. The van der Waals surface area contributed by atoms with Crippen LogP contribution in [0.1, 0.15) is 55.3 Å². The van der Waals surface area contributed by atoms with Crippen molar-refractivity contribution in [3.8, 4) is 5.75 Å². The minimum Gasteiger partial charge on any atom is -0.487 e. The number of rotatable bonds is 10. The summed E-state index contributed by atoms with van der Waals surface area (Å²) in [5.41, 5.74) is 5.72. The van der Waals surface area contributed by atoms with Crippen LogP contribution in [0.5, 0.6) is 5.75 Å². The molecule has 1 saturated carbocycles. The average molecular weight is 616 g/mol. The molecule has 0 amide bonds. The highest BCUT2D eigenvalue weighted by atomic mass is 16.5. The third-order valence-corrected chi connectivity index (χ3v) is 8.79. The van der Waals surface area contributed by atoms with Crippen LogP contribution in [-0.2, 0) is 29.1 Å². The molecule has 9 nitrogen and oxygen atoms in total. The number of carboxylic acid groups (broad SMARTS) is 1. The summed E-state index contributed by atoms with van der Waals surface area (Å²) in [6, 6.07) is 26.4. The molecule has 234 valence electrons. The van der Waals surface area contributed by atoms with Crippen molar-refractivity contribution in [1.82, 2.24) is 14.5 Å². The quantitative estimate of drug-likeness (QED) is 0.129. The first-order valence-corrected chi connectivity index (χ1v) is 15.4. The monoisotopic (exact) mass is 615 g/mol. The molecule has 6 rings (SSSR count). The van der Waals surface area contributed by atoms with Crippen LogP contribution in [0.25, 0.3) is 27.5 Å². The van der Waals surface area contributed by atoms with E-state index in [1.807, 2.05) is 67.6 Å². The second kappa shape index (κ2) is 13.4. The van der Waals surface area contributed by atoms with Gasteiger partial charge in [0.25, 0.3) is 0 Å². The van der Waals surface area contributed by atoms with Crippen LogP contribution < -0.4 is 4.74 Å². The third kappa shape index (κ3) is 6.54. The van der Waals surface area contributed by atoms with Crippen LogP contribution in [0.4, 0.5) is 0 Å². The van der Waals surface area contributed by atoms with Gasteiger partial charge in [0, 0.05) is 30.6 Å². The van der Waals surface area contributed by atoms with Gasteiger partial charge in [-0.25, -0.2) is 20.0 Å². The summed E-state index contributed by atoms with van der Waals surface area (Å²) in [7, 11) is 1.50. The van der Waals surface area contributed by atoms with E-state index in [-0.39, 0.29) is 6.02 Å². The third-order valence-electron chi connectivity index (χ3n) is 8.79. The van der Waals surface area contributed by atoms with E-state index >= 15 is 0 Å². The molecule has 0 unspecified atom stereocenters. The van der Waals surface area contributed by atoms with Crippen LogP contribution in [0.3, 0.4) is 0 Å². The largest absolute Gasteiger partial charge is 0.487 e. The van der Waals surface area contributed by atoms with E-state index < -0.39 is 11.4 Å². The standard InChI is InChI=1S/C37H37N5O4/c1-25(22-39-36(38-2)45-3)27-12-10-26(11-13-27)23-42-33-17-16-30(46-24-29-15-14-28-8-4-5-9-31(28)40-29)20-32(33)41-34(42)21-37(35(43)44)18-6-7-19-37/h4-5,8-17,20,22H,2,6-7,18-19,21,23-24H2,1,3H3,(H,43,44)/b25-22+,39-36+. The molecule has 0 saturated heterocycles. The Morgan fingerprint density at radius 2 is 1.80 bits per heavy atom. The van der Waals surface area contributed by atoms with E-state index in [0.717, 1.165) is 63.0 Å². The smallest absolute Gasteiger partial charge is 0.315 e. The summed E-state index contributed by atoms with van der Waals surface area (Å²) >= 11 is 0. The highest BCUT2D eigenvalue weighted by Crippen LogP contribution is 2.42. The molecular weight excluding hydrogens is 578 g/mol. The van der Waals surface area contributed by atoms with Crippen LogP contribution in [0, 0.1) is 5.41 Å². The number of hydrogen-bond donors (Lipinski definition) is 1. The molecule has 1 aliphatic carbocycles. The number of nitrogens with zero attached hydrogens (tertiary/aromatic N) is 5. The topological polar surface area (TPSA) is 111 Å². The maximum absolute atomic E-state index is 12.5. The maximum Gasteiger partial charge on any atom is 0.315 e. The number of pyridine rings is 1. The van der Waals surface area contributed by atoms with Crippen LogP contribution in [0.15, 0.2) is 95.0 Å². The van der Waals surface area contributed by atoms with Crippen molar-refractivity contribution >= 4 is 46.2 Å². The number of hydrogen-bond acceptors (Lipinski definition) is 6. The lowest BCUT2D eigenvalue weighted by molar-refractivity contribution is -0.148. The van der Waals surface area contributed by atoms with E-state index in [1.54, 1.807) is 6.20 Å². The Morgan fingerprint density at radius 1 is 1.02 bits per heavy atom. The summed E-state index contributed by atoms with van der Waals surface area (Å²) in [5, 5.41) is 11.4. The number of imidazole rings is 1. The normalized spacial score (nSPS) is 14.9. The molecular formula is C37H37N5O4. The number of aromatic nitrogens is 3. The predicted molar refractivity (Wildman–Crippen MR) is 181 cm³/mol. The van der Waals surface area contributed by atoms with Gasteiger partial charge in [-0.05, 0) is 67.4 Å². The van der Waals surface area contributed by atoms with Gasteiger partial charge in [0.05, 0.1) is 34.8 Å². The van der Waals surface area contributed by atoms with E-state index in [9.17, 15) is 9.90 Å². The zero-order valence-corrected chi connectivity index (χ0v) is 26.1. The summed E-state index contributed by atoms with van der Waals surface area (Å²) in [6.07, 6.45) is 5.24. The molecule has 46 heavy (non-hydrogen) atoms. The lowest BCUT2D eigenvalue weighted by atomic mass is 9.82. The number of ether oxygens (including phenoxy) is 2. The Morgan fingerprint density at radius 3 is 2.54 bits per heavy atom. The van der Waals surface area contributed by atoms with Gasteiger partial charge in [0.1, 0.15) is 18.2 Å². The first-order chi connectivity index (χ1) is 22.4. The minimum absolute atomic E-state index is 0.204. The van der Waals surface area contributed by atoms with Crippen molar-refractivity contribution in [3.05, 3.63) is 108 Å². The molecule has 2 heterocycles. The zero-order chi connectivity index (χ0) is 32.1. The number of aliphatic imine (C=N–C) groups is 2. The van der Waals surface area contributed by atoms with Crippen molar-refractivity contribution in [2.24, 2.45) is 15.4 Å². The second-order valence-corrected chi connectivity index (χ2v) is 11.8. The SMILES string of the molecule is C=N/C(=N\C=C(/C)c1ccc(Cn2c(CC3(C(=O)O)CCCC3)nc3cc(OCc4ccc5ccccc5n4)ccc32)cc1)OC. The van der Waals surface area contributed by atoms with Gasteiger partial charge in [-0.3, -0.25) is 4.79 Å². The number of aliphatic carboxylic acids is 1. The van der Waals surface area contributed by atoms with Crippen molar-refractivity contribution in [1.29, 1.82) is 0 Å². The number of carbonyl (C=O) groups is 1. The predicted octanol–water partition coefficient (Wildman–Crippen LogP) is 7.46. The zero-order valence-electron chi connectivity index (χ0n) is 26.1. The van der Waals surface area contributed by atoms with E-state index in [4.69, 9.17) is 19.4 Å². The van der Waals surface area contributed by atoms with Crippen LogP contribution in [0.2, 0.25) is 0 Å². The molecule has 1 fully saturated rings. The number of fused-ring (bicyclic) bond motifs is 2. The molecule has 9 heteroatoms. The average Bonchev–Trinajstić information content (AvgIpc) is 3.69. The van der Waals surface area contributed by atoms with Crippen molar-refractivity contribution in [3.63, 3.8) is 0 Å². The number of allylic oxidation sites excluding steroid dienone is 1. The Bertz CT molecular complexity index is 1950. The van der Waals surface area contributed by atoms with E-state index in [1.165, 1.54) is 7.11 Å². The highest BCUT2D eigenvalue weighted by Gasteiger charge is 2.42. The van der Waals surface area contributed by atoms with Crippen LogP contribution >= 0.6 is 0 Å². The molecule has 0 bridgehead atoms. The van der Waals surface area contributed by atoms with E-state index in [0.29, 0.717) is 38.2 Å². The summed E-state index contributed by atoms with van der Waals surface area (Å²) in [6.45, 7) is 6.31. The van der Waals surface area contributed by atoms with Gasteiger partial charge in [-0.2, -0.15) is 0 Å². The number of carboxylic acids is 1. The molecule has 0 atom stereocenters. The van der Waals surface area contributed by atoms with Crippen molar-refractivity contribution in [2.75, 3.05) is 7.11 Å². The molecule has 1 N–H and O–H groups in total. The van der Waals surface area contributed by atoms with Gasteiger partial charge >= 0.3 is 12.0 Å². The Hall–Kier alpha value is -5.31. The fourth-order valence-corrected chi connectivity index (χ4v) is 6.17. The Labute approximate surface area is 268 Å². The summed E-state index contributed by atoms with van der Waals surface area (Å²) < 4.78 is 13.4. The lowest BCUT2D eigenvalue weighted by Crippen LogP contribution is -2.31. The molecule has 0 radical (unpaired) electrons. The maximum atomic E-state index is 12.5. The highest BCUT2D eigenvalue weighted by molar-refractivity contribution is 5.81. The van der Waals surface area contributed by atoms with Crippen LogP contribution in [-0.4, -0.2) is 45.5 Å². The molecule has 1 aliphatic rings. The van der Waals surface area contributed by atoms with E-state index in [2.05, 4.69) is 39.5 Å². The number of amidine groups is 1. The van der Waals surface area contributed by atoms with Gasteiger partial charge < -0.3 is 19.1 Å². The summed E-state index contributed by atoms with van der Waals surface area (Å²) in [4.78, 5) is 30.2. The molecule has 3 aromatic carbocycles. The second-order valence-electron chi connectivity index (χ2n) is 11.8. The fourth-order valence-electron chi connectivity index (χ4n) is 6.17. The van der Waals surface area contributed by atoms with Crippen molar-refractivity contribution in [2.45, 2.75) is 52.2 Å². The van der Waals surface area contributed by atoms with Gasteiger partial charge in [-0.15, -0.1) is 0 Å².